The van der Waals surface area contributed by atoms with Crippen LogP contribution in [0, 0.1) is 23.8 Å². The van der Waals surface area contributed by atoms with Gasteiger partial charge in [0, 0.05) is 5.39 Å². The number of hydrogen-bond donors (Lipinski definition) is 0. The van der Waals surface area contributed by atoms with Gasteiger partial charge in [-0.2, -0.15) is 0 Å². The number of rotatable bonds is 0. The summed E-state index contributed by atoms with van der Waals surface area (Å²) in [7, 11) is 0. The lowest BCUT2D eigenvalue weighted by Gasteiger charge is -1.97. The highest BCUT2D eigenvalue weighted by Gasteiger charge is 2.02. The molecule has 0 saturated heterocycles. The van der Waals surface area contributed by atoms with Crippen LogP contribution in [0.15, 0.2) is 24.3 Å². The first-order valence-corrected chi connectivity index (χ1v) is 3.44. The van der Waals surface area contributed by atoms with Crippen LogP contribution < -0.4 is 0 Å². The van der Waals surface area contributed by atoms with Gasteiger partial charge in [-0.15, -0.1) is 0 Å². The maximum Gasteiger partial charge on any atom is 0.142 e. The van der Waals surface area contributed by atoms with Gasteiger partial charge in [-0.3, -0.25) is 0 Å². The fourth-order valence-corrected chi connectivity index (χ4v) is 1.11. The van der Waals surface area contributed by atoms with E-state index in [-0.39, 0.29) is 0 Å². The second-order valence-electron chi connectivity index (χ2n) is 2.44. The van der Waals surface area contributed by atoms with Gasteiger partial charge in [0.1, 0.15) is 11.6 Å². The highest BCUT2D eigenvalue weighted by molar-refractivity contribution is 5.82. The normalized spacial score (nSPS) is 10.5. The van der Waals surface area contributed by atoms with Crippen LogP contribution >= 0.6 is 0 Å². The fraction of sp³-hybridized carbons (Fsp3) is 0. The van der Waals surface area contributed by atoms with E-state index in [0.29, 0.717) is 10.8 Å². The molecular formula is C10H4F2. The van der Waals surface area contributed by atoms with Gasteiger partial charge in [-0.25, -0.2) is 8.78 Å². The Balaban J connectivity index is 2.89. The molecule has 0 aliphatic carbocycles. The molecule has 2 heteroatoms. The molecule has 2 aromatic rings. The summed E-state index contributed by atoms with van der Waals surface area (Å²) in [4.78, 5) is 0. The Bertz CT molecular complexity index is 421. The molecule has 0 fully saturated rings. The Morgan fingerprint density at radius 3 is 2.92 bits per heavy atom. The van der Waals surface area contributed by atoms with E-state index in [1.807, 2.05) is 6.07 Å². The van der Waals surface area contributed by atoms with Gasteiger partial charge in [0.15, 0.2) is 0 Å². The van der Waals surface area contributed by atoms with Gasteiger partial charge in [-0.05, 0) is 23.6 Å². The monoisotopic (exact) mass is 162 g/mol. The molecule has 0 N–H and O–H groups in total. The molecule has 0 aromatic heterocycles. The van der Waals surface area contributed by atoms with E-state index in [1.165, 1.54) is 12.1 Å². The molecule has 0 heterocycles. The summed E-state index contributed by atoms with van der Waals surface area (Å²) in [5, 5.41) is 0.876. The quantitative estimate of drug-likeness (QED) is 0.558. The van der Waals surface area contributed by atoms with Crippen LogP contribution in [0.4, 0.5) is 8.78 Å². The molecule has 0 unspecified atom stereocenters. The lowest BCUT2D eigenvalue weighted by atomic mass is 10.1. The Kier molecular flexibility index (Phi) is 1.54. The van der Waals surface area contributed by atoms with Crippen LogP contribution in [0.1, 0.15) is 0 Å². The van der Waals surface area contributed by atoms with Crippen molar-refractivity contribution in [3.8, 4) is 0 Å². The van der Waals surface area contributed by atoms with Crippen LogP contribution in [-0.2, 0) is 0 Å². The van der Waals surface area contributed by atoms with Crippen molar-refractivity contribution in [2.45, 2.75) is 0 Å². The Morgan fingerprint density at radius 1 is 1.25 bits per heavy atom. The molecule has 0 nitrogen and oxygen atoms in total. The van der Waals surface area contributed by atoms with E-state index in [4.69, 9.17) is 0 Å². The molecule has 0 atom stereocenters. The zero-order valence-electron chi connectivity index (χ0n) is 6.07. The summed E-state index contributed by atoms with van der Waals surface area (Å²) in [6.07, 6.45) is 0. The van der Waals surface area contributed by atoms with Crippen LogP contribution in [0.3, 0.4) is 0 Å². The van der Waals surface area contributed by atoms with Crippen molar-refractivity contribution >= 4 is 10.8 Å². The van der Waals surface area contributed by atoms with Crippen LogP contribution in [-0.4, -0.2) is 0 Å². The molecule has 2 radical (unpaired) electrons. The average molecular weight is 162 g/mol. The number of hydrogen-bond acceptors (Lipinski definition) is 0. The lowest BCUT2D eigenvalue weighted by Crippen LogP contribution is -1.82. The maximum atomic E-state index is 12.9. The second kappa shape index (κ2) is 2.55. The molecule has 2 aromatic carbocycles. The molecule has 0 spiro atoms. The van der Waals surface area contributed by atoms with E-state index < -0.39 is 11.6 Å². The third kappa shape index (κ3) is 1.05. The van der Waals surface area contributed by atoms with Crippen molar-refractivity contribution in [1.29, 1.82) is 0 Å². The first-order valence-electron chi connectivity index (χ1n) is 3.44. The summed E-state index contributed by atoms with van der Waals surface area (Å²) >= 11 is 0. The zero-order valence-corrected chi connectivity index (χ0v) is 6.07. The average Bonchev–Trinajstić information content (AvgIpc) is 2.04. The van der Waals surface area contributed by atoms with Gasteiger partial charge >= 0.3 is 0 Å². The third-order valence-corrected chi connectivity index (χ3v) is 1.64. The predicted octanol–water partition coefficient (Wildman–Crippen LogP) is 2.72. The molecule has 2 rings (SSSR count). The van der Waals surface area contributed by atoms with Gasteiger partial charge in [-0.1, -0.05) is 12.1 Å². The molecule has 0 saturated carbocycles. The summed E-state index contributed by atoms with van der Waals surface area (Å²) in [5.74, 6) is -1.33. The highest BCUT2D eigenvalue weighted by atomic mass is 19.1. The second-order valence-corrected chi connectivity index (χ2v) is 2.44. The van der Waals surface area contributed by atoms with Crippen molar-refractivity contribution in [3.05, 3.63) is 48.0 Å². The zero-order chi connectivity index (χ0) is 8.55. The fourth-order valence-electron chi connectivity index (χ4n) is 1.11. The van der Waals surface area contributed by atoms with Crippen LogP contribution in [0.2, 0.25) is 0 Å². The van der Waals surface area contributed by atoms with E-state index >= 15 is 0 Å². The first kappa shape index (κ1) is 7.22. The van der Waals surface area contributed by atoms with E-state index in [0.717, 1.165) is 0 Å². The Hall–Kier alpha value is -1.44. The largest absolute Gasteiger partial charge is 0.206 e. The number of fused-ring (bicyclic) bond motifs is 1. The number of halogens is 2. The van der Waals surface area contributed by atoms with Crippen molar-refractivity contribution in [3.63, 3.8) is 0 Å². The third-order valence-electron chi connectivity index (χ3n) is 1.64. The van der Waals surface area contributed by atoms with Crippen molar-refractivity contribution in [2.24, 2.45) is 0 Å². The van der Waals surface area contributed by atoms with Crippen molar-refractivity contribution in [1.82, 2.24) is 0 Å². The number of benzene rings is 2. The maximum absolute atomic E-state index is 12.9. The van der Waals surface area contributed by atoms with Crippen molar-refractivity contribution in [2.75, 3.05) is 0 Å². The minimum atomic E-state index is -0.681. The SMILES string of the molecule is Fc1[c]c(F)c2cc[c]cc2c1. The summed E-state index contributed by atoms with van der Waals surface area (Å²) in [6.45, 7) is 0. The van der Waals surface area contributed by atoms with Crippen LogP contribution in [0.5, 0.6) is 0 Å². The van der Waals surface area contributed by atoms with Crippen molar-refractivity contribution < 1.29 is 8.78 Å². The molecule has 0 amide bonds. The molecule has 12 heavy (non-hydrogen) atoms. The minimum Gasteiger partial charge on any atom is -0.206 e. The molecule has 0 aliphatic heterocycles. The van der Waals surface area contributed by atoms with Gasteiger partial charge < -0.3 is 0 Å². The summed E-state index contributed by atoms with van der Waals surface area (Å²) < 4.78 is 25.5. The Labute approximate surface area is 68.4 Å². The predicted molar refractivity (Wildman–Crippen MR) is 41.5 cm³/mol. The lowest BCUT2D eigenvalue weighted by molar-refractivity contribution is 0.588. The van der Waals surface area contributed by atoms with Gasteiger partial charge in [0.2, 0.25) is 0 Å². The van der Waals surface area contributed by atoms with Crippen LogP contribution in [0.25, 0.3) is 10.8 Å². The van der Waals surface area contributed by atoms with E-state index in [9.17, 15) is 8.78 Å². The topological polar surface area (TPSA) is 0 Å². The molecule has 0 bridgehead atoms. The van der Waals surface area contributed by atoms with Gasteiger partial charge in [0.25, 0.3) is 0 Å². The smallest absolute Gasteiger partial charge is 0.142 e. The Morgan fingerprint density at radius 2 is 2.08 bits per heavy atom. The van der Waals surface area contributed by atoms with E-state index in [1.54, 1.807) is 12.1 Å². The summed E-state index contributed by atoms with van der Waals surface area (Å²) in [5.41, 5.74) is 0. The first-order chi connectivity index (χ1) is 5.77. The highest BCUT2D eigenvalue weighted by Crippen LogP contribution is 2.17. The van der Waals surface area contributed by atoms with E-state index in [2.05, 4.69) is 6.07 Å². The molecular weight excluding hydrogens is 158 g/mol. The summed E-state index contributed by atoms with van der Waals surface area (Å²) in [6, 6.07) is 10.6. The standard InChI is InChI=1S/C10H4F2/c11-8-5-7-3-1-2-4-9(7)10(12)6-8/h2-5H. The molecule has 58 valence electrons. The minimum absolute atomic E-state index is 0.371. The van der Waals surface area contributed by atoms with Gasteiger partial charge in [0.05, 0.1) is 6.07 Å². The molecule has 0 aliphatic rings.